The van der Waals surface area contributed by atoms with Crippen LogP contribution in [0.25, 0.3) is 0 Å². The van der Waals surface area contributed by atoms with Gasteiger partial charge in [0.25, 0.3) is 0 Å². The highest BCUT2D eigenvalue weighted by Crippen LogP contribution is 2.15. The van der Waals surface area contributed by atoms with E-state index in [0.29, 0.717) is 32.6 Å². The van der Waals surface area contributed by atoms with Gasteiger partial charge in [-0.1, -0.05) is 12.1 Å². The van der Waals surface area contributed by atoms with Crippen molar-refractivity contribution in [2.24, 2.45) is 0 Å². The van der Waals surface area contributed by atoms with Crippen molar-refractivity contribution < 1.29 is 19.1 Å². The third-order valence-corrected chi connectivity index (χ3v) is 4.55. The van der Waals surface area contributed by atoms with E-state index in [1.807, 2.05) is 37.8 Å². The molecule has 0 atom stereocenters. The van der Waals surface area contributed by atoms with Gasteiger partial charge in [0, 0.05) is 32.6 Å². The monoisotopic (exact) mass is 376 g/mol. The van der Waals surface area contributed by atoms with Crippen LogP contribution in [0.5, 0.6) is 5.75 Å². The molecule has 1 aliphatic rings. The Labute approximate surface area is 162 Å². The lowest BCUT2D eigenvalue weighted by Gasteiger charge is -2.35. The molecule has 1 heterocycles. The summed E-state index contributed by atoms with van der Waals surface area (Å²) in [5.74, 6) is 1.04. The average molecular weight is 376 g/mol. The van der Waals surface area contributed by atoms with Crippen LogP contribution in [0.3, 0.4) is 0 Å². The smallest absolute Gasteiger partial charge is 0.410 e. The molecule has 0 spiro atoms. The van der Waals surface area contributed by atoms with E-state index in [2.05, 4.69) is 12.1 Å². The largest absolute Gasteiger partial charge is 0.497 e. The molecule has 2 rings (SSSR count). The number of ether oxygens (including phenoxy) is 2. The summed E-state index contributed by atoms with van der Waals surface area (Å²) in [7, 11) is 1.66. The molecule has 150 valence electrons. The van der Waals surface area contributed by atoms with Crippen LogP contribution in [0, 0.1) is 0 Å². The first-order valence-corrected chi connectivity index (χ1v) is 9.67. The lowest BCUT2D eigenvalue weighted by Crippen LogP contribution is -2.51. The van der Waals surface area contributed by atoms with Gasteiger partial charge in [-0.25, -0.2) is 4.79 Å². The summed E-state index contributed by atoms with van der Waals surface area (Å²) in [6.45, 7) is 7.80. The zero-order chi connectivity index (χ0) is 19.9. The second-order valence-electron chi connectivity index (χ2n) is 7.90. The van der Waals surface area contributed by atoms with Gasteiger partial charge in [0.15, 0.2) is 0 Å². The van der Waals surface area contributed by atoms with Gasteiger partial charge in [-0.15, -0.1) is 0 Å². The zero-order valence-corrected chi connectivity index (χ0v) is 17.0. The number of unbranched alkanes of at least 4 members (excludes halogenated alkanes) is 1. The molecule has 1 fully saturated rings. The van der Waals surface area contributed by atoms with Crippen molar-refractivity contribution in [3.63, 3.8) is 0 Å². The van der Waals surface area contributed by atoms with Gasteiger partial charge in [0.05, 0.1) is 7.11 Å². The van der Waals surface area contributed by atoms with E-state index >= 15 is 0 Å². The number of carbonyl (C=O) groups excluding carboxylic acids is 2. The van der Waals surface area contributed by atoms with Gasteiger partial charge >= 0.3 is 6.09 Å². The lowest BCUT2D eigenvalue weighted by atomic mass is 10.1. The number of rotatable bonds is 6. The van der Waals surface area contributed by atoms with E-state index in [0.717, 1.165) is 25.0 Å². The molecule has 0 aromatic heterocycles. The Morgan fingerprint density at radius 3 is 2.11 bits per heavy atom. The fraction of sp³-hybridized carbons (Fsp3) is 0.619. The molecule has 6 nitrogen and oxygen atoms in total. The van der Waals surface area contributed by atoms with Crippen molar-refractivity contribution in [3.8, 4) is 5.75 Å². The summed E-state index contributed by atoms with van der Waals surface area (Å²) in [4.78, 5) is 28.0. The van der Waals surface area contributed by atoms with Crippen LogP contribution in [0.15, 0.2) is 24.3 Å². The van der Waals surface area contributed by atoms with Crippen LogP contribution in [0.2, 0.25) is 0 Å². The van der Waals surface area contributed by atoms with E-state index in [1.54, 1.807) is 12.0 Å². The first kappa shape index (κ1) is 21.1. The number of methoxy groups -OCH3 is 1. The summed E-state index contributed by atoms with van der Waals surface area (Å²) in [5, 5.41) is 0. The minimum Gasteiger partial charge on any atom is -0.497 e. The van der Waals surface area contributed by atoms with E-state index in [9.17, 15) is 9.59 Å². The summed E-state index contributed by atoms with van der Waals surface area (Å²) >= 11 is 0. The number of carbonyl (C=O) groups is 2. The Kier molecular flexibility index (Phi) is 7.51. The fourth-order valence-corrected chi connectivity index (χ4v) is 3.02. The second-order valence-corrected chi connectivity index (χ2v) is 7.90. The Hall–Kier alpha value is -2.24. The fourth-order valence-electron chi connectivity index (χ4n) is 3.02. The van der Waals surface area contributed by atoms with Crippen LogP contribution >= 0.6 is 0 Å². The Morgan fingerprint density at radius 2 is 1.56 bits per heavy atom. The van der Waals surface area contributed by atoms with Crippen LogP contribution in [-0.4, -0.2) is 60.7 Å². The predicted molar refractivity (Wildman–Crippen MR) is 105 cm³/mol. The quantitative estimate of drug-likeness (QED) is 0.713. The highest BCUT2D eigenvalue weighted by Gasteiger charge is 2.27. The number of hydrogen-bond donors (Lipinski definition) is 0. The van der Waals surface area contributed by atoms with E-state index in [1.165, 1.54) is 5.56 Å². The molecule has 1 aromatic carbocycles. The predicted octanol–water partition coefficient (Wildman–Crippen LogP) is 3.49. The van der Waals surface area contributed by atoms with Crippen molar-refractivity contribution >= 4 is 12.0 Å². The first-order chi connectivity index (χ1) is 12.8. The summed E-state index contributed by atoms with van der Waals surface area (Å²) in [5.41, 5.74) is 0.766. The highest BCUT2D eigenvalue weighted by molar-refractivity contribution is 5.76. The van der Waals surface area contributed by atoms with Crippen LogP contribution in [0.4, 0.5) is 4.79 Å². The molecule has 6 heteroatoms. The molecule has 0 N–H and O–H groups in total. The topological polar surface area (TPSA) is 59.1 Å². The molecular formula is C21H32N2O4. The van der Waals surface area contributed by atoms with Crippen molar-refractivity contribution in [1.82, 2.24) is 9.80 Å². The standard InChI is InChI=1S/C21H32N2O4/c1-21(2,3)27-20(25)23-15-13-22(14-16-23)19(24)8-6-5-7-17-9-11-18(26-4)12-10-17/h9-12H,5-8,13-16H2,1-4H3. The molecule has 1 saturated heterocycles. The second kappa shape index (κ2) is 9.62. The number of piperazine rings is 1. The molecule has 2 amide bonds. The van der Waals surface area contributed by atoms with Crippen LogP contribution < -0.4 is 4.74 Å². The van der Waals surface area contributed by atoms with Gasteiger partial charge in [0.2, 0.25) is 5.91 Å². The molecule has 0 saturated carbocycles. The van der Waals surface area contributed by atoms with E-state index in [-0.39, 0.29) is 12.0 Å². The van der Waals surface area contributed by atoms with E-state index in [4.69, 9.17) is 9.47 Å². The molecule has 0 unspecified atom stereocenters. The maximum absolute atomic E-state index is 12.4. The Bertz CT molecular complexity index is 614. The zero-order valence-electron chi connectivity index (χ0n) is 17.0. The molecule has 0 bridgehead atoms. The normalized spacial score (nSPS) is 14.8. The highest BCUT2D eigenvalue weighted by atomic mass is 16.6. The minimum absolute atomic E-state index is 0.175. The minimum atomic E-state index is -0.492. The van der Waals surface area contributed by atoms with Crippen molar-refractivity contribution in [3.05, 3.63) is 29.8 Å². The third kappa shape index (κ3) is 7.12. The number of benzene rings is 1. The maximum atomic E-state index is 12.4. The number of aryl methyl sites for hydroxylation is 1. The number of hydrogen-bond acceptors (Lipinski definition) is 4. The van der Waals surface area contributed by atoms with Crippen molar-refractivity contribution in [2.75, 3.05) is 33.3 Å². The van der Waals surface area contributed by atoms with Gasteiger partial charge in [-0.05, 0) is 57.7 Å². The first-order valence-electron chi connectivity index (χ1n) is 9.67. The van der Waals surface area contributed by atoms with Crippen LogP contribution in [0.1, 0.15) is 45.6 Å². The summed E-state index contributed by atoms with van der Waals surface area (Å²) < 4.78 is 10.5. The third-order valence-electron chi connectivity index (χ3n) is 4.55. The van der Waals surface area contributed by atoms with Crippen molar-refractivity contribution in [2.45, 2.75) is 52.1 Å². The number of nitrogens with zero attached hydrogens (tertiary/aromatic N) is 2. The van der Waals surface area contributed by atoms with Gasteiger partial charge < -0.3 is 19.3 Å². The maximum Gasteiger partial charge on any atom is 0.410 e. The molecule has 0 aliphatic carbocycles. The molecule has 27 heavy (non-hydrogen) atoms. The molecule has 1 aliphatic heterocycles. The molecule has 0 radical (unpaired) electrons. The summed E-state index contributed by atoms with van der Waals surface area (Å²) in [6, 6.07) is 8.06. The van der Waals surface area contributed by atoms with Crippen LogP contribution in [-0.2, 0) is 16.0 Å². The van der Waals surface area contributed by atoms with E-state index < -0.39 is 5.60 Å². The molecule has 1 aromatic rings. The SMILES string of the molecule is COc1ccc(CCCCC(=O)N2CCN(C(=O)OC(C)(C)C)CC2)cc1. The number of amides is 2. The lowest BCUT2D eigenvalue weighted by molar-refractivity contribution is -0.133. The summed E-state index contributed by atoms with van der Waals surface area (Å²) in [6.07, 6.45) is 3.08. The molecular weight excluding hydrogens is 344 g/mol. The van der Waals surface area contributed by atoms with Gasteiger partial charge in [-0.2, -0.15) is 0 Å². The Balaban J connectivity index is 1.65. The Morgan fingerprint density at radius 1 is 0.963 bits per heavy atom. The van der Waals surface area contributed by atoms with Gasteiger partial charge in [0.1, 0.15) is 11.4 Å². The average Bonchev–Trinajstić information content (AvgIpc) is 2.64. The van der Waals surface area contributed by atoms with Crippen molar-refractivity contribution in [1.29, 1.82) is 0 Å². The van der Waals surface area contributed by atoms with Gasteiger partial charge in [-0.3, -0.25) is 4.79 Å².